The fraction of sp³-hybridized carbons (Fsp3) is 0. The van der Waals surface area contributed by atoms with Crippen molar-refractivity contribution < 1.29 is 0 Å². The van der Waals surface area contributed by atoms with Crippen LogP contribution in [-0.4, -0.2) is 9.97 Å². The van der Waals surface area contributed by atoms with Crippen molar-refractivity contribution in [1.29, 1.82) is 0 Å². The third kappa shape index (κ3) is 9.97. The average Bonchev–Trinajstić information content (AvgIpc) is 3.35. The van der Waals surface area contributed by atoms with E-state index in [-0.39, 0.29) is 0 Å². The van der Waals surface area contributed by atoms with E-state index in [1.165, 1.54) is 22.3 Å². The van der Waals surface area contributed by atoms with Crippen LogP contribution in [0.25, 0.3) is 93.1 Å². The summed E-state index contributed by atoms with van der Waals surface area (Å²) in [5.74, 6) is 0. The van der Waals surface area contributed by atoms with Crippen molar-refractivity contribution >= 4 is 48.6 Å². The first-order valence-electron chi connectivity index (χ1n) is 21.0. The van der Waals surface area contributed by atoms with Crippen LogP contribution < -0.4 is 0 Å². The SMILES string of the molecule is C(=Cc1nc(C=Cc2cccc(-c3ccccc3)c2)c(C=Cc2cccc(-c3ccccc3)c2)nc1C=Cc1cccc(-c2ccccc2)c1)c1cccc(-c2ccccc2)c1. The monoisotopic (exact) mass is 792 g/mol. The van der Waals surface area contributed by atoms with Gasteiger partial charge in [0.1, 0.15) is 0 Å². The molecule has 62 heavy (non-hydrogen) atoms. The van der Waals surface area contributed by atoms with Crippen molar-refractivity contribution in [3.8, 4) is 44.5 Å². The van der Waals surface area contributed by atoms with E-state index in [1.807, 2.05) is 24.3 Å². The first-order valence-corrected chi connectivity index (χ1v) is 21.0. The average molecular weight is 793 g/mol. The third-order valence-electron chi connectivity index (χ3n) is 10.7. The minimum atomic E-state index is 0.770. The predicted molar refractivity (Wildman–Crippen MR) is 265 cm³/mol. The van der Waals surface area contributed by atoms with Crippen LogP contribution in [0.4, 0.5) is 0 Å². The fourth-order valence-corrected chi connectivity index (χ4v) is 7.49. The van der Waals surface area contributed by atoms with Crippen molar-refractivity contribution in [2.75, 3.05) is 0 Å². The van der Waals surface area contributed by atoms with Crippen LogP contribution in [0.3, 0.4) is 0 Å². The van der Waals surface area contributed by atoms with Crippen LogP contribution in [0.15, 0.2) is 218 Å². The maximum Gasteiger partial charge on any atom is 0.0894 e. The summed E-state index contributed by atoms with van der Waals surface area (Å²) in [7, 11) is 0. The molecule has 2 heteroatoms. The topological polar surface area (TPSA) is 25.8 Å². The minimum Gasteiger partial charge on any atom is -0.245 e. The van der Waals surface area contributed by atoms with E-state index in [0.717, 1.165) is 67.3 Å². The van der Waals surface area contributed by atoms with E-state index in [2.05, 4.69) is 243 Å². The number of hydrogen-bond donors (Lipinski definition) is 0. The van der Waals surface area contributed by atoms with Gasteiger partial charge in [0.2, 0.25) is 0 Å². The summed E-state index contributed by atoms with van der Waals surface area (Å²) in [6.07, 6.45) is 16.9. The molecule has 2 nitrogen and oxygen atoms in total. The van der Waals surface area contributed by atoms with Gasteiger partial charge in [0.25, 0.3) is 0 Å². The Morgan fingerprint density at radius 3 is 0.629 bits per heavy atom. The predicted octanol–water partition coefficient (Wildman–Crippen LogP) is 15.8. The summed E-state index contributed by atoms with van der Waals surface area (Å²) < 4.78 is 0. The van der Waals surface area contributed by atoms with Gasteiger partial charge in [-0.1, -0.05) is 218 Å². The second kappa shape index (κ2) is 19.2. The van der Waals surface area contributed by atoms with Gasteiger partial charge < -0.3 is 0 Å². The van der Waals surface area contributed by atoms with Gasteiger partial charge in [-0.05, 0) is 115 Å². The Hall–Kier alpha value is -8.20. The number of nitrogens with zero attached hydrogens (tertiary/aromatic N) is 2. The van der Waals surface area contributed by atoms with Crippen LogP contribution in [-0.2, 0) is 0 Å². The van der Waals surface area contributed by atoms with Gasteiger partial charge in [0.05, 0.1) is 22.8 Å². The molecule has 9 aromatic rings. The largest absolute Gasteiger partial charge is 0.245 e. The lowest BCUT2D eigenvalue weighted by Crippen LogP contribution is -2.00. The van der Waals surface area contributed by atoms with E-state index in [1.54, 1.807) is 0 Å². The Balaban J connectivity index is 1.15. The maximum absolute atomic E-state index is 5.38. The molecule has 0 amide bonds. The summed E-state index contributed by atoms with van der Waals surface area (Å²) in [6, 6.07) is 76.3. The zero-order valence-electron chi connectivity index (χ0n) is 34.3. The van der Waals surface area contributed by atoms with Gasteiger partial charge in [-0.3, -0.25) is 0 Å². The second-order valence-electron chi connectivity index (χ2n) is 15.1. The van der Waals surface area contributed by atoms with Crippen molar-refractivity contribution in [3.05, 3.63) is 263 Å². The van der Waals surface area contributed by atoms with E-state index >= 15 is 0 Å². The Morgan fingerprint density at radius 2 is 0.403 bits per heavy atom. The molecule has 9 rings (SSSR count). The molecule has 0 radical (unpaired) electrons. The van der Waals surface area contributed by atoms with Crippen molar-refractivity contribution in [3.63, 3.8) is 0 Å². The molecule has 0 N–H and O–H groups in total. The van der Waals surface area contributed by atoms with E-state index in [9.17, 15) is 0 Å². The molecular formula is C60H44N2. The summed E-state index contributed by atoms with van der Waals surface area (Å²) in [5.41, 5.74) is 16.8. The lowest BCUT2D eigenvalue weighted by molar-refractivity contribution is 1.12. The Bertz CT molecular complexity index is 2620. The van der Waals surface area contributed by atoms with Crippen molar-refractivity contribution in [2.45, 2.75) is 0 Å². The molecule has 0 aliphatic carbocycles. The van der Waals surface area contributed by atoms with Gasteiger partial charge in [-0.2, -0.15) is 0 Å². The minimum absolute atomic E-state index is 0.770. The molecule has 0 fully saturated rings. The molecule has 1 aromatic heterocycles. The molecule has 0 saturated heterocycles. The van der Waals surface area contributed by atoms with Crippen LogP contribution in [0.1, 0.15) is 45.0 Å². The molecule has 294 valence electrons. The van der Waals surface area contributed by atoms with Crippen LogP contribution in [0, 0.1) is 0 Å². The number of aromatic nitrogens is 2. The highest BCUT2D eigenvalue weighted by atomic mass is 14.8. The van der Waals surface area contributed by atoms with Crippen LogP contribution in [0.2, 0.25) is 0 Å². The molecule has 0 saturated carbocycles. The molecular weight excluding hydrogens is 749 g/mol. The maximum atomic E-state index is 5.38. The number of hydrogen-bond acceptors (Lipinski definition) is 2. The molecule has 0 atom stereocenters. The number of rotatable bonds is 12. The van der Waals surface area contributed by atoms with E-state index in [4.69, 9.17) is 9.97 Å². The Kier molecular flexibility index (Phi) is 12.2. The highest BCUT2D eigenvalue weighted by Gasteiger charge is 2.10. The smallest absolute Gasteiger partial charge is 0.0894 e. The van der Waals surface area contributed by atoms with Gasteiger partial charge >= 0.3 is 0 Å². The molecule has 0 unspecified atom stereocenters. The lowest BCUT2D eigenvalue weighted by Gasteiger charge is -2.09. The summed E-state index contributed by atoms with van der Waals surface area (Å²) in [4.78, 5) is 10.8. The molecule has 1 heterocycles. The standard InChI is InChI=1S/C60H44N2/c1-5-21-49(22-6-1)53-29-13-17-45(41-53)33-37-57-58(38-34-46-18-14-30-54(42-46)50-23-7-2-8-24-50)62-60(40-36-48-20-16-32-56(44-48)52-27-11-4-12-28-52)59(61-57)39-35-47-19-15-31-55(43-47)51-25-9-3-10-26-51/h1-44H. The zero-order valence-corrected chi connectivity index (χ0v) is 34.3. The highest BCUT2D eigenvalue weighted by molar-refractivity contribution is 5.83. The van der Waals surface area contributed by atoms with E-state index in [0.29, 0.717) is 0 Å². The Labute approximate surface area is 364 Å². The highest BCUT2D eigenvalue weighted by Crippen LogP contribution is 2.27. The van der Waals surface area contributed by atoms with Gasteiger partial charge in [0, 0.05) is 0 Å². The Morgan fingerprint density at radius 1 is 0.194 bits per heavy atom. The first-order chi connectivity index (χ1) is 30.7. The van der Waals surface area contributed by atoms with Gasteiger partial charge in [-0.25, -0.2) is 9.97 Å². The lowest BCUT2D eigenvalue weighted by atomic mass is 10.0. The molecule has 0 spiro atoms. The number of benzene rings is 8. The third-order valence-corrected chi connectivity index (χ3v) is 10.7. The van der Waals surface area contributed by atoms with Crippen LogP contribution in [0.5, 0.6) is 0 Å². The van der Waals surface area contributed by atoms with Gasteiger partial charge in [0.15, 0.2) is 0 Å². The normalized spacial score (nSPS) is 11.6. The summed E-state index contributed by atoms with van der Waals surface area (Å²) >= 11 is 0. The van der Waals surface area contributed by atoms with Crippen molar-refractivity contribution in [1.82, 2.24) is 9.97 Å². The van der Waals surface area contributed by atoms with E-state index < -0.39 is 0 Å². The fourth-order valence-electron chi connectivity index (χ4n) is 7.49. The first kappa shape index (κ1) is 39.3. The molecule has 0 aliphatic heterocycles. The summed E-state index contributed by atoms with van der Waals surface area (Å²) in [5, 5.41) is 0. The molecule has 0 bridgehead atoms. The quantitative estimate of drug-likeness (QED) is 0.123. The zero-order chi connectivity index (χ0) is 41.8. The van der Waals surface area contributed by atoms with Gasteiger partial charge in [-0.15, -0.1) is 0 Å². The van der Waals surface area contributed by atoms with Crippen LogP contribution >= 0.6 is 0 Å². The van der Waals surface area contributed by atoms with Crippen molar-refractivity contribution in [2.24, 2.45) is 0 Å². The molecule has 8 aromatic carbocycles. The second-order valence-corrected chi connectivity index (χ2v) is 15.1. The molecule has 0 aliphatic rings. The summed E-state index contributed by atoms with van der Waals surface area (Å²) in [6.45, 7) is 0.